The molecule has 21 heavy (non-hydrogen) atoms. The second kappa shape index (κ2) is 5.72. The molecule has 0 aromatic carbocycles. The van der Waals surface area contributed by atoms with E-state index >= 15 is 0 Å². The van der Waals surface area contributed by atoms with Crippen molar-refractivity contribution in [1.29, 1.82) is 0 Å². The van der Waals surface area contributed by atoms with Crippen LogP contribution in [0.25, 0.3) is 0 Å². The summed E-state index contributed by atoms with van der Waals surface area (Å²) in [4.78, 5) is 4.31. The number of aromatic nitrogens is 6. The van der Waals surface area contributed by atoms with Gasteiger partial charge in [0.1, 0.15) is 0 Å². The van der Waals surface area contributed by atoms with Crippen LogP contribution in [0.5, 0.6) is 0 Å². The van der Waals surface area contributed by atoms with Gasteiger partial charge in [0.2, 0.25) is 11.0 Å². The minimum Gasteiger partial charge on any atom is -0.338 e. The molecule has 0 spiro atoms. The molecule has 2 N–H and O–H groups in total. The van der Waals surface area contributed by atoms with Crippen LogP contribution >= 0.6 is 11.8 Å². The Morgan fingerprint density at radius 1 is 1.38 bits per heavy atom. The summed E-state index contributed by atoms with van der Waals surface area (Å²) in [5, 5.41) is 16.7. The number of tetrazole rings is 1. The number of nitrogens with zero attached hydrogens (tertiary/aromatic N) is 6. The summed E-state index contributed by atoms with van der Waals surface area (Å²) in [6.07, 6.45) is 4.77. The highest BCUT2D eigenvalue weighted by atomic mass is 32.2. The highest BCUT2D eigenvalue weighted by Gasteiger charge is 2.24. The maximum Gasteiger partial charge on any atom is 0.237 e. The minimum atomic E-state index is -0.599. The Morgan fingerprint density at radius 2 is 2.14 bits per heavy atom. The quantitative estimate of drug-likeness (QED) is 0.830. The fourth-order valence-electron chi connectivity index (χ4n) is 2.36. The van der Waals surface area contributed by atoms with Gasteiger partial charge in [-0.15, -0.1) is 5.10 Å². The van der Waals surface area contributed by atoms with Gasteiger partial charge in [-0.3, -0.25) is 0 Å². The fourth-order valence-corrected chi connectivity index (χ4v) is 3.14. The summed E-state index contributed by atoms with van der Waals surface area (Å²) in [5.74, 6) is 1.58. The van der Waals surface area contributed by atoms with Crippen LogP contribution in [0.1, 0.15) is 57.3 Å². The van der Waals surface area contributed by atoms with E-state index in [9.17, 15) is 0 Å². The van der Waals surface area contributed by atoms with Gasteiger partial charge in [-0.05, 0) is 37.1 Å². The summed E-state index contributed by atoms with van der Waals surface area (Å²) in [5.41, 5.74) is 5.34. The molecule has 1 aliphatic carbocycles. The lowest BCUT2D eigenvalue weighted by atomic mass is 10.1. The van der Waals surface area contributed by atoms with E-state index in [2.05, 4.69) is 25.7 Å². The van der Waals surface area contributed by atoms with Gasteiger partial charge in [-0.1, -0.05) is 29.8 Å². The smallest absolute Gasteiger partial charge is 0.237 e. The monoisotopic (exact) mass is 309 g/mol. The molecule has 2 aromatic rings. The van der Waals surface area contributed by atoms with Crippen LogP contribution in [0.15, 0.2) is 9.68 Å². The summed E-state index contributed by atoms with van der Waals surface area (Å²) in [7, 11) is 0. The second-order valence-corrected chi connectivity index (χ2v) is 6.81. The predicted octanol–water partition coefficient (Wildman–Crippen LogP) is 1.66. The second-order valence-electron chi connectivity index (χ2n) is 5.87. The third-order valence-electron chi connectivity index (χ3n) is 3.50. The van der Waals surface area contributed by atoms with Gasteiger partial charge < -0.3 is 10.3 Å². The first-order valence-corrected chi connectivity index (χ1v) is 8.05. The van der Waals surface area contributed by atoms with Crippen molar-refractivity contribution in [3.63, 3.8) is 0 Å². The Morgan fingerprint density at radius 3 is 2.81 bits per heavy atom. The Kier molecular flexibility index (Phi) is 3.94. The Labute approximate surface area is 126 Å². The summed E-state index contributed by atoms with van der Waals surface area (Å²) < 4.78 is 7.13. The highest BCUT2D eigenvalue weighted by molar-refractivity contribution is 7.98. The Bertz CT molecular complexity index is 597. The summed E-state index contributed by atoms with van der Waals surface area (Å²) >= 11 is 1.51. The lowest BCUT2D eigenvalue weighted by molar-refractivity contribution is 0.369. The molecule has 114 valence electrons. The molecule has 1 aliphatic rings. The lowest BCUT2D eigenvalue weighted by Crippen LogP contribution is -2.30. The van der Waals surface area contributed by atoms with Crippen molar-refractivity contribution >= 4 is 11.8 Å². The molecule has 0 unspecified atom stereocenters. The van der Waals surface area contributed by atoms with Gasteiger partial charge in [-0.25, -0.2) is 4.68 Å². The number of nitrogens with two attached hydrogens (primary N) is 1. The molecule has 0 bridgehead atoms. The van der Waals surface area contributed by atoms with Gasteiger partial charge in [0.25, 0.3) is 0 Å². The van der Waals surface area contributed by atoms with Crippen molar-refractivity contribution in [1.82, 2.24) is 30.3 Å². The van der Waals surface area contributed by atoms with Gasteiger partial charge in [-0.2, -0.15) is 4.98 Å². The molecule has 0 aliphatic heterocycles. The van der Waals surface area contributed by atoms with Gasteiger partial charge in [0, 0.05) is 0 Å². The largest absolute Gasteiger partial charge is 0.338 e. The molecule has 8 nitrogen and oxygen atoms in total. The average molecular weight is 309 g/mol. The number of thioether (sulfide) groups is 1. The van der Waals surface area contributed by atoms with Crippen LogP contribution < -0.4 is 5.73 Å². The van der Waals surface area contributed by atoms with Crippen LogP contribution in [0, 0.1) is 0 Å². The Balaban J connectivity index is 1.65. The molecule has 0 atom stereocenters. The maximum atomic E-state index is 5.94. The van der Waals surface area contributed by atoms with Gasteiger partial charge >= 0.3 is 0 Å². The summed E-state index contributed by atoms with van der Waals surface area (Å²) in [6.45, 7) is 3.69. The predicted molar refractivity (Wildman–Crippen MR) is 76.4 cm³/mol. The van der Waals surface area contributed by atoms with Crippen molar-refractivity contribution < 1.29 is 4.52 Å². The van der Waals surface area contributed by atoms with E-state index in [1.807, 2.05) is 18.5 Å². The van der Waals surface area contributed by atoms with E-state index in [1.54, 1.807) is 0 Å². The van der Waals surface area contributed by atoms with Crippen molar-refractivity contribution in [2.75, 3.05) is 0 Å². The molecule has 3 rings (SSSR count). The number of hydrogen-bond donors (Lipinski definition) is 1. The van der Waals surface area contributed by atoms with E-state index in [0.717, 1.165) is 18.0 Å². The third-order valence-corrected chi connectivity index (χ3v) is 4.42. The van der Waals surface area contributed by atoms with Crippen molar-refractivity contribution in [3.05, 3.63) is 11.7 Å². The normalized spacial score (nSPS) is 16.7. The zero-order chi connectivity index (χ0) is 14.9. The van der Waals surface area contributed by atoms with Gasteiger partial charge in [0.15, 0.2) is 5.82 Å². The first-order valence-electron chi connectivity index (χ1n) is 7.06. The first kappa shape index (κ1) is 14.5. The van der Waals surface area contributed by atoms with Crippen molar-refractivity contribution in [3.8, 4) is 0 Å². The van der Waals surface area contributed by atoms with Crippen LogP contribution in [0.2, 0.25) is 0 Å². The topological polar surface area (TPSA) is 109 Å². The van der Waals surface area contributed by atoms with E-state index in [0.29, 0.717) is 23.5 Å². The van der Waals surface area contributed by atoms with Crippen LogP contribution in [0.4, 0.5) is 0 Å². The number of hydrogen-bond acceptors (Lipinski definition) is 8. The molecule has 0 amide bonds. The zero-order valence-electron chi connectivity index (χ0n) is 12.2. The SMILES string of the molecule is CC(C)(N)c1noc(CSc2nnnn2C2CCCC2)n1. The standard InChI is InChI=1S/C12H19N7OS/c1-12(2,13)10-14-9(20-16-10)7-21-11-15-17-18-19(11)8-5-3-4-6-8/h8H,3-7,13H2,1-2H3. The Hall–Kier alpha value is -1.48. The molecule has 9 heteroatoms. The molecule has 1 fully saturated rings. The number of rotatable bonds is 5. The fraction of sp³-hybridized carbons (Fsp3) is 0.750. The van der Waals surface area contributed by atoms with Gasteiger partial charge in [0.05, 0.1) is 17.3 Å². The zero-order valence-corrected chi connectivity index (χ0v) is 13.0. The van der Waals surface area contributed by atoms with E-state index in [1.165, 1.54) is 24.6 Å². The molecule has 2 heterocycles. The molecule has 2 aromatic heterocycles. The van der Waals surface area contributed by atoms with E-state index in [-0.39, 0.29) is 0 Å². The van der Waals surface area contributed by atoms with Crippen molar-refractivity contribution in [2.45, 2.75) is 62.0 Å². The van der Waals surface area contributed by atoms with E-state index in [4.69, 9.17) is 10.3 Å². The van der Waals surface area contributed by atoms with E-state index < -0.39 is 5.54 Å². The average Bonchev–Trinajstić information content (AvgIpc) is 3.16. The molecule has 1 saturated carbocycles. The molecular formula is C12H19N7OS. The maximum absolute atomic E-state index is 5.94. The minimum absolute atomic E-state index is 0.420. The van der Waals surface area contributed by atoms with Crippen LogP contribution in [0.3, 0.4) is 0 Å². The molecular weight excluding hydrogens is 290 g/mol. The molecule has 0 saturated heterocycles. The highest BCUT2D eigenvalue weighted by Crippen LogP contribution is 2.32. The lowest BCUT2D eigenvalue weighted by Gasteiger charge is -2.11. The third kappa shape index (κ3) is 3.24. The first-order chi connectivity index (χ1) is 10.0. The summed E-state index contributed by atoms with van der Waals surface area (Å²) in [6, 6.07) is 0.420. The van der Waals surface area contributed by atoms with Crippen LogP contribution in [-0.2, 0) is 11.3 Å². The van der Waals surface area contributed by atoms with Crippen molar-refractivity contribution in [2.24, 2.45) is 5.73 Å². The molecule has 0 radical (unpaired) electrons. The van der Waals surface area contributed by atoms with Crippen LogP contribution in [-0.4, -0.2) is 30.3 Å².